The number of likely N-dealkylation sites (tertiary alicyclic amines) is 1. The Bertz CT molecular complexity index is 765. The van der Waals surface area contributed by atoms with Crippen LogP contribution in [0.1, 0.15) is 33.6 Å². The first-order valence-corrected chi connectivity index (χ1v) is 10.9. The number of morpholine rings is 1. The lowest BCUT2D eigenvalue weighted by molar-refractivity contribution is 0.0721. The van der Waals surface area contributed by atoms with E-state index in [2.05, 4.69) is 10.4 Å². The molecule has 1 atom stereocenters. The van der Waals surface area contributed by atoms with Crippen molar-refractivity contribution in [1.82, 2.24) is 19.0 Å². The number of ether oxygens (including phenoxy) is 1. The monoisotopic (exact) mass is 399 g/mol. The van der Waals surface area contributed by atoms with Crippen LogP contribution in [0.15, 0.2) is 12.4 Å². The van der Waals surface area contributed by atoms with E-state index in [4.69, 9.17) is 4.74 Å². The predicted octanol–water partition coefficient (Wildman–Crippen LogP) is 1.30. The van der Waals surface area contributed by atoms with Gasteiger partial charge in [-0.05, 0) is 33.6 Å². The molecule has 1 aromatic heterocycles. The summed E-state index contributed by atoms with van der Waals surface area (Å²) in [7, 11) is -3.42. The lowest BCUT2D eigenvalue weighted by Crippen LogP contribution is -2.52. The summed E-state index contributed by atoms with van der Waals surface area (Å²) in [5.74, 6) is 0. The Morgan fingerprint density at radius 1 is 1.26 bits per heavy atom. The molecule has 2 saturated heterocycles. The summed E-state index contributed by atoms with van der Waals surface area (Å²) in [4.78, 5) is 14.2. The van der Waals surface area contributed by atoms with Gasteiger partial charge in [0, 0.05) is 32.4 Å². The van der Waals surface area contributed by atoms with E-state index in [-0.39, 0.29) is 18.1 Å². The maximum atomic E-state index is 12.9. The molecule has 0 aromatic carbocycles. The number of hydrogen-bond donors (Lipinski definition) is 1. The molecule has 10 heteroatoms. The molecular weight excluding hydrogens is 370 g/mol. The number of carbonyl (C=O) groups is 1. The van der Waals surface area contributed by atoms with Crippen molar-refractivity contribution in [3.63, 3.8) is 0 Å². The number of aromatic nitrogens is 2. The second kappa shape index (κ2) is 7.76. The van der Waals surface area contributed by atoms with E-state index in [9.17, 15) is 13.2 Å². The van der Waals surface area contributed by atoms with Crippen LogP contribution in [0.25, 0.3) is 0 Å². The molecule has 152 valence electrons. The van der Waals surface area contributed by atoms with Gasteiger partial charge in [0.1, 0.15) is 0 Å². The Morgan fingerprint density at radius 2 is 1.96 bits per heavy atom. The minimum absolute atomic E-state index is 0.175. The molecule has 0 spiro atoms. The molecule has 27 heavy (non-hydrogen) atoms. The van der Waals surface area contributed by atoms with Gasteiger partial charge >= 0.3 is 6.03 Å². The van der Waals surface area contributed by atoms with E-state index >= 15 is 0 Å². The summed E-state index contributed by atoms with van der Waals surface area (Å²) in [5, 5.41) is 6.54. The molecule has 1 aromatic rings. The number of piperidine rings is 1. The zero-order valence-corrected chi connectivity index (χ0v) is 17.0. The fourth-order valence-corrected chi connectivity index (χ4v) is 5.25. The average Bonchev–Trinajstić information content (AvgIpc) is 3.11. The van der Waals surface area contributed by atoms with Gasteiger partial charge in [-0.25, -0.2) is 13.2 Å². The highest BCUT2D eigenvalue weighted by Crippen LogP contribution is 2.22. The zero-order chi connectivity index (χ0) is 19.7. The number of rotatable bonds is 3. The molecule has 2 amide bonds. The average molecular weight is 400 g/mol. The largest absolute Gasteiger partial charge is 0.379 e. The van der Waals surface area contributed by atoms with Crippen molar-refractivity contribution < 1.29 is 17.9 Å². The first kappa shape index (κ1) is 20.1. The SMILES string of the molecule is CC(C)(C)n1cc(NC(=O)N2CCCC(S(=O)(=O)N3CCOCC3)C2)cn1. The second-order valence-corrected chi connectivity index (χ2v) is 10.3. The van der Waals surface area contributed by atoms with Crippen LogP contribution in [0.3, 0.4) is 0 Å². The Hall–Kier alpha value is -1.65. The molecule has 3 heterocycles. The van der Waals surface area contributed by atoms with Crippen molar-refractivity contribution in [1.29, 1.82) is 0 Å². The molecule has 9 nitrogen and oxygen atoms in total. The highest BCUT2D eigenvalue weighted by atomic mass is 32.2. The van der Waals surface area contributed by atoms with Crippen LogP contribution in [0.5, 0.6) is 0 Å². The van der Waals surface area contributed by atoms with Crippen LogP contribution in [-0.2, 0) is 20.3 Å². The maximum absolute atomic E-state index is 12.9. The molecule has 0 radical (unpaired) electrons. The molecule has 2 fully saturated rings. The lowest BCUT2D eigenvalue weighted by Gasteiger charge is -2.36. The maximum Gasteiger partial charge on any atom is 0.321 e. The first-order chi connectivity index (χ1) is 12.7. The summed E-state index contributed by atoms with van der Waals surface area (Å²) in [6, 6.07) is -0.287. The molecule has 0 bridgehead atoms. The van der Waals surface area contributed by atoms with Crippen molar-refractivity contribution in [2.24, 2.45) is 0 Å². The van der Waals surface area contributed by atoms with Gasteiger partial charge in [0.25, 0.3) is 0 Å². The smallest absolute Gasteiger partial charge is 0.321 e. The summed E-state index contributed by atoms with van der Waals surface area (Å²) >= 11 is 0. The number of sulfonamides is 1. The van der Waals surface area contributed by atoms with Gasteiger partial charge in [-0.3, -0.25) is 4.68 Å². The summed E-state index contributed by atoms with van der Waals surface area (Å²) in [6.45, 7) is 8.45. The minimum atomic E-state index is -3.42. The van der Waals surface area contributed by atoms with Gasteiger partial charge in [0.05, 0.1) is 35.9 Å². The third-order valence-electron chi connectivity index (χ3n) is 4.94. The number of nitrogens with zero attached hydrogens (tertiary/aromatic N) is 4. The van der Waals surface area contributed by atoms with E-state index in [0.717, 1.165) is 0 Å². The van der Waals surface area contributed by atoms with E-state index in [0.29, 0.717) is 51.4 Å². The Labute approximate surface area is 160 Å². The number of nitrogens with one attached hydrogen (secondary N) is 1. The minimum Gasteiger partial charge on any atom is -0.379 e. The van der Waals surface area contributed by atoms with Crippen LogP contribution in [-0.4, -0.2) is 78.1 Å². The van der Waals surface area contributed by atoms with Crippen molar-refractivity contribution in [2.45, 2.75) is 44.4 Å². The highest BCUT2D eigenvalue weighted by molar-refractivity contribution is 7.89. The number of carbonyl (C=O) groups excluding carboxylic acids is 1. The van der Waals surface area contributed by atoms with Crippen molar-refractivity contribution >= 4 is 21.7 Å². The van der Waals surface area contributed by atoms with Crippen LogP contribution >= 0.6 is 0 Å². The third kappa shape index (κ3) is 4.61. The van der Waals surface area contributed by atoms with E-state index < -0.39 is 15.3 Å². The standard InChI is InChI=1S/C17H29N5O4S/c1-17(2,3)22-12-14(11-18-22)19-16(23)20-6-4-5-15(13-20)27(24,25)21-7-9-26-10-8-21/h11-12,15H,4-10,13H2,1-3H3,(H,19,23). The molecule has 1 N–H and O–H groups in total. The summed E-state index contributed by atoms with van der Waals surface area (Å²) < 4.78 is 34.3. The highest BCUT2D eigenvalue weighted by Gasteiger charge is 2.37. The van der Waals surface area contributed by atoms with Crippen LogP contribution in [0, 0.1) is 0 Å². The van der Waals surface area contributed by atoms with Crippen molar-refractivity contribution in [3.8, 4) is 0 Å². The molecule has 0 saturated carbocycles. The number of hydrogen-bond acceptors (Lipinski definition) is 5. The topological polar surface area (TPSA) is 96.8 Å². The Balaban J connectivity index is 1.63. The first-order valence-electron chi connectivity index (χ1n) is 9.36. The molecule has 2 aliphatic heterocycles. The van der Waals surface area contributed by atoms with Crippen LogP contribution < -0.4 is 5.32 Å². The quantitative estimate of drug-likeness (QED) is 0.826. The van der Waals surface area contributed by atoms with Gasteiger partial charge in [-0.2, -0.15) is 9.40 Å². The molecule has 1 unspecified atom stereocenters. The predicted molar refractivity (Wildman–Crippen MR) is 102 cm³/mol. The van der Waals surface area contributed by atoms with E-state index in [1.165, 1.54) is 4.31 Å². The Kier molecular flexibility index (Phi) is 5.78. The van der Waals surface area contributed by atoms with E-state index in [1.54, 1.807) is 22.0 Å². The second-order valence-electron chi connectivity index (χ2n) is 8.04. The molecule has 3 rings (SSSR count). The number of anilines is 1. The number of amides is 2. The molecule has 0 aliphatic carbocycles. The van der Waals surface area contributed by atoms with Crippen molar-refractivity contribution in [3.05, 3.63) is 12.4 Å². The van der Waals surface area contributed by atoms with Crippen molar-refractivity contribution in [2.75, 3.05) is 44.7 Å². The van der Waals surface area contributed by atoms with Gasteiger partial charge in [-0.15, -0.1) is 0 Å². The third-order valence-corrected chi connectivity index (χ3v) is 7.25. The van der Waals surface area contributed by atoms with Gasteiger partial charge < -0.3 is 15.0 Å². The fourth-order valence-electron chi connectivity index (χ4n) is 3.33. The Morgan fingerprint density at radius 3 is 2.59 bits per heavy atom. The molecule has 2 aliphatic rings. The fraction of sp³-hybridized carbons (Fsp3) is 0.765. The zero-order valence-electron chi connectivity index (χ0n) is 16.2. The summed E-state index contributed by atoms with van der Waals surface area (Å²) in [6.07, 6.45) is 4.63. The summed E-state index contributed by atoms with van der Waals surface area (Å²) in [5.41, 5.74) is 0.430. The van der Waals surface area contributed by atoms with Gasteiger partial charge in [-0.1, -0.05) is 0 Å². The van der Waals surface area contributed by atoms with Gasteiger partial charge in [0.15, 0.2) is 0 Å². The van der Waals surface area contributed by atoms with Crippen LogP contribution in [0.2, 0.25) is 0 Å². The van der Waals surface area contributed by atoms with Gasteiger partial charge in [0.2, 0.25) is 10.0 Å². The normalized spacial score (nSPS) is 22.6. The van der Waals surface area contributed by atoms with Crippen LogP contribution in [0.4, 0.5) is 10.5 Å². The molecular formula is C17H29N5O4S. The number of urea groups is 1. The van der Waals surface area contributed by atoms with E-state index in [1.807, 2.05) is 20.8 Å². The lowest BCUT2D eigenvalue weighted by atomic mass is 10.1.